The topological polar surface area (TPSA) is 58.9 Å². The van der Waals surface area contributed by atoms with E-state index < -0.39 is 5.97 Å². The molecular formula is C15H12INO3. The number of hydrogen-bond donors (Lipinski definition) is 1. The van der Waals surface area contributed by atoms with Crippen LogP contribution in [0.4, 0.5) is 5.69 Å². The van der Waals surface area contributed by atoms with Gasteiger partial charge in [0.25, 0.3) is 0 Å². The third-order valence-corrected chi connectivity index (χ3v) is 3.15. The van der Waals surface area contributed by atoms with Crippen LogP contribution in [0.2, 0.25) is 0 Å². The lowest BCUT2D eigenvalue weighted by Gasteiger charge is -2.02. The molecule has 2 aromatic carbocycles. The fourth-order valence-electron chi connectivity index (χ4n) is 1.47. The average Bonchev–Trinajstić information content (AvgIpc) is 2.45. The van der Waals surface area contributed by atoms with Gasteiger partial charge in [0.1, 0.15) is 5.75 Å². The van der Waals surface area contributed by atoms with Crippen LogP contribution in [0.25, 0.3) is 0 Å². The van der Waals surface area contributed by atoms with Crippen molar-refractivity contribution in [3.8, 4) is 5.75 Å². The molecule has 2 rings (SSSR count). The lowest BCUT2D eigenvalue weighted by atomic mass is 10.2. The Labute approximate surface area is 130 Å². The van der Waals surface area contributed by atoms with E-state index in [4.69, 9.17) is 9.84 Å². The number of hydrogen-bond acceptors (Lipinski definition) is 3. The highest BCUT2D eigenvalue weighted by Crippen LogP contribution is 2.15. The van der Waals surface area contributed by atoms with Gasteiger partial charge in [-0.15, -0.1) is 0 Å². The minimum absolute atomic E-state index is 0.337. The van der Waals surface area contributed by atoms with Crippen molar-refractivity contribution >= 4 is 40.5 Å². The van der Waals surface area contributed by atoms with E-state index in [0.29, 0.717) is 5.75 Å². The summed E-state index contributed by atoms with van der Waals surface area (Å²) in [5.41, 5.74) is 1.81. The van der Waals surface area contributed by atoms with E-state index in [-0.39, 0.29) is 6.61 Å². The number of carboxylic acids is 1. The monoisotopic (exact) mass is 381 g/mol. The van der Waals surface area contributed by atoms with Crippen LogP contribution < -0.4 is 4.74 Å². The van der Waals surface area contributed by atoms with Gasteiger partial charge in [0, 0.05) is 9.78 Å². The van der Waals surface area contributed by atoms with Crippen LogP contribution in [0.15, 0.2) is 53.5 Å². The second kappa shape index (κ2) is 7.04. The number of halogens is 1. The van der Waals surface area contributed by atoms with Gasteiger partial charge in [-0.05, 0) is 76.7 Å². The van der Waals surface area contributed by atoms with Crippen molar-refractivity contribution in [1.82, 2.24) is 0 Å². The second-order valence-corrected chi connectivity index (χ2v) is 5.23. The first-order valence-electron chi connectivity index (χ1n) is 5.88. The van der Waals surface area contributed by atoms with Crippen LogP contribution in [0, 0.1) is 3.57 Å². The number of aliphatic carboxylic acids is 1. The highest BCUT2D eigenvalue weighted by atomic mass is 127. The molecule has 20 heavy (non-hydrogen) atoms. The summed E-state index contributed by atoms with van der Waals surface area (Å²) in [6, 6.07) is 15.0. The first-order valence-corrected chi connectivity index (χ1v) is 6.96. The van der Waals surface area contributed by atoms with Gasteiger partial charge in [-0.25, -0.2) is 4.79 Å². The maximum absolute atomic E-state index is 10.4. The zero-order valence-corrected chi connectivity index (χ0v) is 12.6. The Morgan fingerprint density at radius 3 is 2.40 bits per heavy atom. The van der Waals surface area contributed by atoms with Crippen LogP contribution in [0.5, 0.6) is 5.75 Å². The summed E-state index contributed by atoms with van der Waals surface area (Å²) in [5, 5.41) is 8.51. The normalized spacial score (nSPS) is 10.7. The Kier molecular flexibility index (Phi) is 5.11. The van der Waals surface area contributed by atoms with Gasteiger partial charge in [-0.1, -0.05) is 0 Å². The highest BCUT2D eigenvalue weighted by molar-refractivity contribution is 14.1. The van der Waals surface area contributed by atoms with Crippen LogP contribution >= 0.6 is 22.6 Å². The van der Waals surface area contributed by atoms with E-state index in [1.54, 1.807) is 18.3 Å². The molecule has 1 N–H and O–H groups in total. The lowest BCUT2D eigenvalue weighted by molar-refractivity contribution is -0.139. The summed E-state index contributed by atoms with van der Waals surface area (Å²) < 4.78 is 6.22. The van der Waals surface area contributed by atoms with E-state index in [9.17, 15) is 4.79 Å². The molecule has 0 aliphatic rings. The molecule has 4 nitrogen and oxygen atoms in total. The Bertz CT molecular complexity index is 606. The third kappa shape index (κ3) is 4.65. The summed E-state index contributed by atoms with van der Waals surface area (Å²) in [4.78, 5) is 14.7. The Morgan fingerprint density at radius 1 is 1.15 bits per heavy atom. The van der Waals surface area contributed by atoms with Crippen molar-refractivity contribution in [3.63, 3.8) is 0 Å². The van der Waals surface area contributed by atoms with Crippen molar-refractivity contribution in [3.05, 3.63) is 57.7 Å². The summed E-state index contributed by atoms with van der Waals surface area (Å²) in [6.45, 7) is -0.337. The molecule has 0 spiro atoms. The van der Waals surface area contributed by atoms with Crippen molar-refractivity contribution in [2.24, 2.45) is 4.99 Å². The van der Waals surface area contributed by atoms with Crippen LogP contribution in [0.3, 0.4) is 0 Å². The molecule has 0 saturated heterocycles. The molecule has 0 saturated carbocycles. The minimum Gasteiger partial charge on any atom is -0.482 e. The predicted molar refractivity (Wildman–Crippen MR) is 86.0 cm³/mol. The number of carboxylic acid groups (broad SMARTS) is 1. The van der Waals surface area contributed by atoms with Gasteiger partial charge in [-0.3, -0.25) is 4.99 Å². The minimum atomic E-state index is -0.991. The summed E-state index contributed by atoms with van der Waals surface area (Å²) in [6.07, 6.45) is 1.75. The van der Waals surface area contributed by atoms with E-state index in [1.807, 2.05) is 36.4 Å². The molecule has 0 aliphatic carbocycles. The van der Waals surface area contributed by atoms with Crippen molar-refractivity contribution in [1.29, 1.82) is 0 Å². The molecule has 5 heteroatoms. The van der Waals surface area contributed by atoms with Gasteiger partial charge in [-0.2, -0.15) is 0 Å². The summed E-state index contributed by atoms with van der Waals surface area (Å²) in [5.74, 6) is -0.465. The highest BCUT2D eigenvalue weighted by Gasteiger charge is 1.98. The van der Waals surface area contributed by atoms with Gasteiger partial charge >= 0.3 is 5.97 Å². The number of carbonyl (C=O) groups is 1. The predicted octanol–water partition coefficient (Wildman–Crippen LogP) is 3.51. The fraction of sp³-hybridized carbons (Fsp3) is 0.0667. The molecule has 0 radical (unpaired) electrons. The van der Waals surface area contributed by atoms with Gasteiger partial charge in [0.05, 0.1) is 5.69 Å². The van der Waals surface area contributed by atoms with E-state index in [0.717, 1.165) is 11.3 Å². The van der Waals surface area contributed by atoms with Crippen LogP contribution in [-0.4, -0.2) is 23.9 Å². The quantitative estimate of drug-likeness (QED) is 0.637. The number of ether oxygens (including phenoxy) is 1. The van der Waals surface area contributed by atoms with Crippen molar-refractivity contribution in [2.45, 2.75) is 0 Å². The molecule has 0 amide bonds. The zero-order valence-electron chi connectivity index (χ0n) is 10.5. The fourth-order valence-corrected chi connectivity index (χ4v) is 1.83. The maximum Gasteiger partial charge on any atom is 0.341 e. The molecule has 0 atom stereocenters. The van der Waals surface area contributed by atoms with Crippen LogP contribution in [0.1, 0.15) is 5.56 Å². The average molecular weight is 381 g/mol. The second-order valence-electron chi connectivity index (χ2n) is 3.99. The molecule has 0 aromatic heterocycles. The largest absolute Gasteiger partial charge is 0.482 e. The molecule has 0 unspecified atom stereocenters. The number of aliphatic imine (C=N–C) groups is 1. The summed E-state index contributed by atoms with van der Waals surface area (Å²) >= 11 is 2.24. The van der Waals surface area contributed by atoms with Crippen molar-refractivity contribution < 1.29 is 14.6 Å². The molecule has 0 heterocycles. The molecule has 0 fully saturated rings. The maximum atomic E-state index is 10.4. The SMILES string of the molecule is O=C(O)COc1ccc(/C=N/c2ccc(I)cc2)cc1. The lowest BCUT2D eigenvalue weighted by Crippen LogP contribution is -2.09. The van der Waals surface area contributed by atoms with Crippen LogP contribution in [-0.2, 0) is 4.79 Å². The van der Waals surface area contributed by atoms with Gasteiger partial charge < -0.3 is 9.84 Å². The molecule has 0 bridgehead atoms. The smallest absolute Gasteiger partial charge is 0.341 e. The molecule has 102 valence electrons. The Morgan fingerprint density at radius 2 is 1.80 bits per heavy atom. The summed E-state index contributed by atoms with van der Waals surface area (Å²) in [7, 11) is 0. The van der Waals surface area contributed by atoms with Crippen molar-refractivity contribution in [2.75, 3.05) is 6.61 Å². The zero-order chi connectivity index (χ0) is 14.4. The first-order chi connectivity index (χ1) is 9.63. The molecule has 0 aliphatic heterocycles. The van der Waals surface area contributed by atoms with E-state index in [1.165, 1.54) is 3.57 Å². The number of nitrogens with zero attached hydrogens (tertiary/aromatic N) is 1. The number of benzene rings is 2. The van der Waals surface area contributed by atoms with E-state index >= 15 is 0 Å². The molecular weight excluding hydrogens is 369 g/mol. The van der Waals surface area contributed by atoms with Gasteiger partial charge in [0.2, 0.25) is 0 Å². The Balaban J connectivity index is 1.99. The number of rotatable bonds is 5. The van der Waals surface area contributed by atoms with Gasteiger partial charge in [0.15, 0.2) is 6.61 Å². The third-order valence-electron chi connectivity index (χ3n) is 2.43. The Hall–Kier alpha value is -1.89. The van der Waals surface area contributed by atoms with E-state index in [2.05, 4.69) is 27.6 Å². The standard InChI is InChI=1S/C15H12INO3/c16-12-3-5-13(6-4-12)17-9-11-1-7-14(8-2-11)20-10-15(18)19/h1-9H,10H2,(H,18,19)/b17-9+. The first kappa shape index (κ1) is 14.5. The molecule has 2 aromatic rings.